The number of benzene rings is 1. The molecule has 2 nitrogen and oxygen atoms in total. The standard InChI is InChI=1S/C15H18BrF2NO/c16-11-4-5-12(17)10(14(11)18)9-15(20)6-8-19-7-2-1-3-13(15)19/h4-5,13,20H,1-3,6-9H2. The second-order valence-corrected chi connectivity index (χ2v) is 6.75. The van der Waals surface area contributed by atoms with Crippen LogP contribution in [0.2, 0.25) is 0 Å². The van der Waals surface area contributed by atoms with E-state index in [0.717, 1.165) is 32.4 Å². The van der Waals surface area contributed by atoms with Gasteiger partial charge in [0.2, 0.25) is 0 Å². The fourth-order valence-electron chi connectivity index (χ4n) is 3.61. The third-order valence-corrected chi connectivity index (χ3v) is 5.30. The van der Waals surface area contributed by atoms with Crippen molar-refractivity contribution in [1.82, 2.24) is 4.90 Å². The van der Waals surface area contributed by atoms with Crippen LogP contribution in [0.15, 0.2) is 16.6 Å². The predicted octanol–water partition coefficient (Wildman–Crippen LogP) is 3.26. The lowest BCUT2D eigenvalue weighted by atomic mass is 9.83. The molecule has 110 valence electrons. The van der Waals surface area contributed by atoms with Gasteiger partial charge in [0.25, 0.3) is 0 Å². The highest BCUT2D eigenvalue weighted by Crippen LogP contribution is 2.38. The van der Waals surface area contributed by atoms with Crippen molar-refractivity contribution in [3.8, 4) is 0 Å². The molecule has 0 aliphatic carbocycles. The molecule has 5 heteroatoms. The Balaban J connectivity index is 1.89. The van der Waals surface area contributed by atoms with Gasteiger partial charge >= 0.3 is 0 Å². The number of rotatable bonds is 2. The molecule has 0 saturated carbocycles. The second-order valence-electron chi connectivity index (χ2n) is 5.90. The molecule has 2 heterocycles. The first-order chi connectivity index (χ1) is 9.51. The van der Waals surface area contributed by atoms with E-state index in [9.17, 15) is 13.9 Å². The van der Waals surface area contributed by atoms with Gasteiger partial charge in [-0.15, -0.1) is 0 Å². The molecule has 2 aliphatic heterocycles. The van der Waals surface area contributed by atoms with Crippen LogP contribution in [0.5, 0.6) is 0 Å². The normalized spacial score (nSPS) is 30.5. The minimum Gasteiger partial charge on any atom is -0.388 e. The molecule has 2 atom stereocenters. The third-order valence-electron chi connectivity index (χ3n) is 4.69. The molecule has 1 N–H and O–H groups in total. The first-order valence-electron chi connectivity index (χ1n) is 7.10. The van der Waals surface area contributed by atoms with E-state index < -0.39 is 17.2 Å². The lowest BCUT2D eigenvalue weighted by Crippen LogP contribution is -2.48. The fraction of sp³-hybridized carbons (Fsp3) is 0.600. The van der Waals surface area contributed by atoms with Crippen LogP contribution in [0.1, 0.15) is 31.2 Å². The van der Waals surface area contributed by atoms with Crippen LogP contribution in [0, 0.1) is 11.6 Å². The molecule has 2 aliphatic rings. The van der Waals surface area contributed by atoms with Gasteiger partial charge in [0.1, 0.15) is 11.6 Å². The number of piperidine rings is 1. The first kappa shape index (κ1) is 14.4. The minimum absolute atomic E-state index is 0.00528. The maximum absolute atomic E-state index is 14.1. The number of aliphatic hydroxyl groups is 1. The van der Waals surface area contributed by atoms with Gasteiger partial charge in [-0.2, -0.15) is 0 Å². The third kappa shape index (κ3) is 2.40. The Morgan fingerprint density at radius 2 is 2.10 bits per heavy atom. The van der Waals surface area contributed by atoms with Crippen LogP contribution in [0.3, 0.4) is 0 Å². The van der Waals surface area contributed by atoms with Gasteiger partial charge in [-0.1, -0.05) is 6.42 Å². The van der Waals surface area contributed by atoms with Crippen LogP contribution in [-0.2, 0) is 6.42 Å². The van der Waals surface area contributed by atoms with Gasteiger partial charge in [-0.3, -0.25) is 4.90 Å². The van der Waals surface area contributed by atoms with Crippen molar-refractivity contribution >= 4 is 15.9 Å². The van der Waals surface area contributed by atoms with Crippen molar-refractivity contribution in [2.24, 2.45) is 0 Å². The highest BCUT2D eigenvalue weighted by Gasteiger charge is 2.47. The molecule has 20 heavy (non-hydrogen) atoms. The molecule has 2 saturated heterocycles. The van der Waals surface area contributed by atoms with E-state index in [-0.39, 0.29) is 22.5 Å². The van der Waals surface area contributed by atoms with Gasteiger partial charge in [-0.05, 0) is 53.9 Å². The van der Waals surface area contributed by atoms with Gasteiger partial charge in [0.05, 0.1) is 10.1 Å². The highest BCUT2D eigenvalue weighted by atomic mass is 79.9. The molecule has 0 amide bonds. The van der Waals surface area contributed by atoms with Crippen molar-refractivity contribution in [3.63, 3.8) is 0 Å². The number of fused-ring (bicyclic) bond motifs is 1. The first-order valence-corrected chi connectivity index (χ1v) is 7.89. The molecule has 0 spiro atoms. The van der Waals surface area contributed by atoms with E-state index >= 15 is 0 Å². The predicted molar refractivity (Wildman–Crippen MR) is 76.5 cm³/mol. The Hall–Kier alpha value is -0.520. The minimum atomic E-state index is -1.01. The van der Waals surface area contributed by atoms with E-state index in [1.165, 1.54) is 12.1 Å². The summed E-state index contributed by atoms with van der Waals surface area (Å²) in [5, 5.41) is 10.9. The summed E-state index contributed by atoms with van der Waals surface area (Å²) >= 11 is 3.08. The summed E-state index contributed by atoms with van der Waals surface area (Å²) in [5.74, 6) is -1.17. The van der Waals surface area contributed by atoms with E-state index in [1.807, 2.05) is 0 Å². The van der Waals surface area contributed by atoms with Crippen LogP contribution in [0.25, 0.3) is 0 Å². The molecule has 1 aromatic carbocycles. The Labute approximate surface area is 125 Å². The monoisotopic (exact) mass is 345 g/mol. The summed E-state index contributed by atoms with van der Waals surface area (Å²) in [7, 11) is 0. The van der Waals surface area contributed by atoms with Gasteiger partial charge in [0, 0.05) is 24.6 Å². The van der Waals surface area contributed by atoms with Crippen LogP contribution in [0.4, 0.5) is 8.78 Å². The van der Waals surface area contributed by atoms with E-state index in [0.29, 0.717) is 6.42 Å². The summed E-state index contributed by atoms with van der Waals surface area (Å²) in [6.45, 7) is 1.80. The molecule has 2 fully saturated rings. The van der Waals surface area contributed by atoms with Crippen molar-refractivity contribution < 1.29 is 13.9 Å². The largest absolute Gasteiger partial charge is 0.388 e. The van der Waals surface area contributed by atoms with Gasteiger partial charge in [0.15, 0.2) is 0 Å². The summed E-state index contributed by atoms with van der Waals surface area (Å²) < 4.78 is 28.2. The van der Waals surface area contributed by atoms with E-state index in [4.69, 9.17) is 0 Å². The number of halogens is 3. The maximum atomic E-state index is 14.1. The number of nitrogens with zero attached hydrogens (tertiary/aromatic N) is 1. The smallest absolute Gasteiger partial charge is 0.143 e. The summed E-state index contributed by atoms with van der Waals surface area (Å²) in [4.78, 5) is 2.26. The second kappa shape index (κ2) is 5.35. The van der Waals surface area contributed by atoms with Crippen LogP contribution < -0.4 is 0 Å². The summed E-state index contributed by atoms with van der Waals surface area (Å²) in [6, 6.07) is 2.65. The topological polar surface area (TPSA) is 23.5 Å². The van der Waals surface area contributed by atoms with Crippen molar-refractivity contribution in [2.75, 3.05) is 13.1 Å². The van der Waals surface area contributed by atoms with Crippen LogP contribution in [-0.4, -0.2) is 34.7 Å². The zero-order valence-electron chi connectivity index (χ0n) is 11.2. The Morgan fingerprint density at radius 1 is 1.30 bits per heavy atom. The summed E-state index contributed by atoms with van der Waals surface area (Å²) in [5.41, 5.74) is -1.02. The highest BCUT2D eigenvalue weighted by molar-refractivity contribution is 9.10. The number of hydrogen-bond acceptors (Lipinski definition) is 2. The lowest BCUT2D eigenvalue weighted by Gasteiger charge is -2.37. The SMILES string of the molecule is OC1(Cc2c(F)ccc(Br)c2F)CCN2CCCCC21. The van der Waals surface area contributed by atoms with E-state index in [2.05, 4.69) is 20.8 Å². The Morgan fingerprint density at radius 3 is 2.90 bits per heavy atom. The van der Waals surface area contributed by atoms with Crippen molar-refractivity contribution in [3.05, 3.63) is 33.8 Å². The molecule has 2 unspecified atom stereocenters. The molecule has 1 aromatic rings. The molecular weight excluding hydrogens is 328 g/mol. The average molecular weight is 346 g/mol. The summed E-state index contributed by atoms with van der Waals surface area (Å²) in [6.07, 6.45) is 3.77. The maximum Gasteiger partial charge on any atom is 0.143 e. The van der Waals surface area contributed by atoms with Crippen molar-refractivity contribution in [2.45, 2.75) is 43.7 Å². The van der Waals surface area contributed by atoms with Crippen molar-refractivity contribution in [1.29, 1.82) is 0 Å². The molecular formula is C15H18BrF2NO. The molecule has 0 aromatic heterocycles. The van der Waals surface area contributed by atoms with Gasteiger partial charge < -0.3 is 5.11 Å². The lowest BCUT2D eigenvalue weighted by molar-refractivity contribution is -0.0101. The number of hydrogen-bond donors (Lipinski definition) is 1. The zero-order valence-corrected chi connectivity index (χ0v) is 12.8. The van der Waals surface area contributed by atoms with E-state index in [1.54, 1.807) is 0 Å². The quantitative estimate of drug-likeness (QED) is 0.831. The van der Waals surface area contributed by atoms with Crippen LogP contribution >= 0.6 is 15.9 Å². The Kier molecular flexibility index (Phi) is 3.86. The fourth-order valence-corrected chi connectivity index (χ4v) is 3.99. The average Bonchev–Trinajstić information content (AvgIpc) is 2.78. The molecule has 0 bridgehead atoms. The molecule has 0 radical (unpaired) electrons. The van der Waals surface area contributed by atoms with Gasteiger partial charge in [-0.25, -0.2) is 8.78 Å². The molecule has 3 rings (SSSR count). The zero-order chi connectivity index (χ0) is 14.3. The Bertz CT molecular complexity index is 525.